The molecule has 0 aliphatic carbocycles. The molecule has 0 heterocycles. The standard InChI is InChI=1S/2C20H15.C7H8Si.2ClH.Zr/c2*1-14-12-16-8-5-11-19(20(16)13-14)18-10-4-7-15-6-2-3-9-17(15)18;1-8-7-5-3-2-4-6-7;;;/h2*2-13H,1H3;2-6H,1H3;2*1H;/q2*-1;;;;+2. The Morgan fingerprint density at radius 1 is 0.412 bits per heavy atom. The third-order valence-electron chi connectivity index (χ3n) is 9.16. The van der Waals surface area contributed by atoms with Gasteiger partial charge in [-0.05, 0) is 32.7 Å². The zero-order valence-corrected chi connectivity index (χ0v) is 34.2. The molecule has 9 rings (SSSR count). The largest absolute Gasteiger partial charge is 0.165 e. The second kappa shape index (κ2) is 17.5. The minimum absolute atomic E-state index is 0. The molecule has 0 spiro atoms. The smallest absolute Gasteiger partial charge is 0.0114 e. The van der Waals surface area contributed by atoms with E-state index in [0.717, 1.165) is 0 Å². The molecular weight excluding hydrogens is 755 g/mol. The third kappa shape index (κ3) is 8.54. The average Bonchev–Trinajstić information content (AvgIpc) is 3.73. The molecule has 0 bridgehead atoms. The van der Waals surface area contributed by atoms with Gasteiger partial charge in [-0.2, -0.15) is 12.1 Å². The molecule has 0 nitrogen and oxygen atoms in total. The predicted octanol–water partition coefficient (Wildman–Crippen LogP) is 13.3. The first-order valence-electron chi connectivity index (χ1n) is 16.9. The molecule has 0 aliphatic rings. The summed E-state index contributed by atoms with van der Waals surface area (Å²) in [6, 6.07) is 63.2. The second-order valence-corrected chi connectivity index (χ2v) is 20.1. The minimum Gasteiger partial charge on any atom is -0.165 e. The summed E-state index contributed by atoms with van der Waals surface area (Å²) in [6.45, 7) is 6.66. The summed E-state index contributed by atoms with van der Waals surface area (Å²) < 4.78 is 0. The quantitative estimate of drug-likeness (QED) is 0.123. The molecule has 0 saturated carbocycles. The molecule has 0 unspecified atom stereocenters. The van der Waals surface area contributed by atoms with Gasteiger partial charge in [0.15, 0.2) is 0 Å². The number of hydrogen-bond donors (Lipinski definition) is 0. The second-order valence-electron chi connectivity index (χ2n) is 12.7. The fraction of sp³-hybridized carbons (Fsp3) is 0.0638. The van der Waals surface area contributed by atoms with E-state index in [0.29, 0.717) is 0 Å². The van der Waals surface area contributed by atoms with E-state index in [1.54, 1.807) is 28.5 Å². The van der Waals surface area contributed by atoms with Crippen molar-refractivity contribution >= 4 is 78.5 Å². The van der Waals surface area contributed by atoms with Gasteiger partial charge in [-0.15, -0.1) is 93.9 Å². The van der Waals surface area contributed by atoms with Gasteiger partial charge in [-0.3, -0.25) is 0 Å². The van der Waals surface area contributed by atoms with Gasteiger partial charge >= 0.3 is 70.8 Å². The van der Waals surface area contributed by atoms with Crippen LogP contribution in [-0.2, 0) is 23.3 Å². The van der Waals surface area contributed by atoms with Crippen LogP contribution in [0, 0.1) is 13.8 Å². The Morgan fingerprint density at radius 2 is 0.765 bits per heavy atom. The maximum Gasteiger partial charge on any atom is -0.0114 e. The summed E-state index contributed by atoms with van der Waals surface area (Å²) in [5, 5.41) is 12.1. The Hall–Kier alpha value is -4.04. The Morgan fingerprint density at radius 3 is 1.18 bits per heavy atom. The fourth-order valence-corrected chi connectivity index (χ4v) is 8.77. The van der Waals surface area contributed by atoms with E-state index in [1.807, 2.05) is 0 Å². The zero-order chi connectivity index (χ0) is 33.7. The van der Waals surface area contributed by atoms with Crippen LogP contribution in [0.2, 0.25) is 6.55 Å². The number of rotatable bonds is 3. The monoisotopic (exact) mass is 792 g/mol. The van der Waals surface area contributed by atoms with E-state index < -0.39 is 0 Å². The van der Waals surface area contributed by atoms with Gasteiger partial charge in [0.25, 0.3) is 0 Å². The van der Waals surface area contributed by atoms with E-state index >= 15 is 0 Å². The molecule has 0 atom stereocenters. The molecule has 0 saturated heterocycles. The van der Waals surface area contributed by atoms with Crippen LogP contribution in [0.5, 0.6) is 0 Å². The van der Waals surface area contributed by atoms with Gasteiger partial charge in [-0.1, -0.05) is 122 Å². The topological polar surface area (TPSA) is 0 Å². The summed E-state index contributed by atoms with van der Waals surface area (Å²) in [5.74, 6) is 0. The van der Waals surface area contributed by atoms with Crippen molar-refractivity contribution in [3.8, 4) is 22.3 Å². The van der Waals surface area contributed by atoms with E-state index in [9.17, 15) is 0 Å². The number of halogens is 2. The van der Waals surface area contributed by atoms with E-state index in [2.05, 4.69) is 196 Å². The SMILES string of the molecule is C[Si](=[Zr+2])c1ccccc1.Cc1cc2c(-c3cccc4ccccc34)cccc2[cH-]1.Cc1cc2c(-c3cccc4ccccc34)cccc2[cH-]1.Cl.Cl. The van der Waals surface area contributed by atoms with Gasteiger partial charge in [-0.25, -0.2) is 0 Å². The number of benzene rings is 7. The maximum absolute atomic E-state index is 2.35. The Balaban J connectivity index is 0.000000156. The summed E-state index contributed by atoms with van der Waals surface area (Å²) in [7, 11) is 0. The molecule has 9 aromatic carbocycles. The summed E-state index contributed by atoms with van der Waals surface area (Å²) in [5.41, 5.74) is 7.82. The molecule has 0 amide bonds. The Bertz CT molecular complexity index is 2390. The van der Waals surface area contributed by atoms with E-state index in [4.69, 9.17) is 0 Å². The van der Waals surface area contributed by atoms with Crippen LogP contribution < -0.4 is 5.19 Å². The average molecular weight is 795 g/mol. The van der Waals surface area contributed by atoms with Gasteiger partial charge < -0.3 is 0 Å². The summed E-state index contributed by atoms with van der Waals surface area (Å²) >= 11 is 1.69. The molecule has 0 fully saturated rings. The fourth-order valence-electron chi connectivity index (χ4n) is 6.85. The molecule has 0 N–H and O–H groups in total. The van der Waals surface area contributed by atoms with Crippen LogP contribution in [0.15, 0.2) is 176 Å². The van der Waals surface area contributed by atoms with E-state index in [1.165, 1.54) is 76.5 Å². The van der Waals surface area contributed by atoms with Gasteiger partial charge in [0, 0.05) is 0 Å². The molecule has 0 aliphatic heterocycles. The van der Waals surface area contributed by atoms with Crippen molar-refractivity contribution in [1.82, 2.24) is 0 Å². The maximum atomic E-state index is 2.35. The Kier molecular flexibility index (Phi) is 13.1. The predicted molar refractivity (Wildman–Crippen MR) is 227 cm³/mol. The number of hydrogen-bond acceptors (Lipinski definition) is 0. The van der Waals surface area contributed by atoms with Crippen molar-refractivity contribution in [2.75, 3.05) is 0 Å². The van der Waals surface area contributed by atoms with Crippen LogP contribution in [0.1, 0.15) is 11.1 Å². The van der Waals surface area contributed by atoms with Crippen molar-refractivity contribution in [3.63, 3.8) is 0 Å². The van der Waals surface area contributed by atoms with Crippen molar-refractivity contribution in [1.29, 1.82) is 0 Å². The molecule has 9 aromatic rings. The van der Waals surface area contributed by atoms with Crippen molar-refractivity contribution in [3.05, 3.63) is 187 Å². The van der Waals surface area contributed by atoms with Crippen LogP contribution >= 0.6 is 24.8 Å². The van der Waals surface area contributed by atoms with Gasteiger partial charge in [0.05, 0.1) is 0 Å². The zero-order valence-electron chi connectivity index (χ0n) is 29.1. The van der Waals surface area contributed by atoms with Gasteiger partial charge in [0.2, 0.25) is 0 Å². The first-order chi connectivity index (χ1) is 24.0. The third-order valence-corrected chi connectivity index (χ3v) is 12.5. The molecule has 0 radical (unpaired) electrons. The van der Waals surface area contributed by atoms with Crippen molar-refractivity contribution in [2.45, 2.75) is 20.4 Å². The molecule has 4 heteroatoms. The molecule has 250 valence electrons. The van der Waals surface area contributed by atoms with E-state index in [-0.39, 0.29) is 30.2 Å². The first kappa shape index (κ1) is 38.2. The number of fused-ring (bicyclic) bond motifs is 4. The molecule has 51 heavy (non-hydrogen) atoms. The van der Waals surface area contributed by atoms with Crippen molar-refractivity contribution < 1.29 is 23.3 Å². The van der Waals surface area contributed by atoms with Crippen LogP contribution in [0.3, 0.4) is 0 Å². The summed E-state index contributed by atoms with van der Waals surface area (Å²) in [6.07, 6.45) is 0. The Labute approximate surface area is 329 Å². The molecule has 0 aromatic heterocycles. The van der Waals surface area contributed by atoms with Crippen LogP contribution in [0.25, 0.3) is 65.3 Å². The first-order valence-corrected chi connectivity index (χ1v) is 22.5. The number of aryl methyl sites for hydroxylation is 2. The normalized spacial score (nSPS) is 10.5. The van der Waals surface area contributed by atoms with Crippen molar-refractivity contribution in [2.24, 2.45) is 0 Å². The molecular formula is C47H40Cl2SiZr. The van der Waals surface area contributed by atoms with Crippen LogP contribution in [-0.4, -0.2) is 5.43 Å². The summed E-state index contributed by atoms with van der Waals surface area (Å²) in [4.78, 5) is 0. The van der Waals surface area contributed by atoms with Crippen LogP contribution in [0.4, 0.5) is 0 Å². The minimum atomic E-state index is -0.122. The van der Waals surface area contributed by atoms with Gasteiger partial charge in [0.1, 0.15) is 0 Å².